The van der Waals surface area contributed by atoms with Crippen LogP contribution in [0.25, 0.3) is 0 Å². The fraction of sp³-hybridized carbons (Fsp3) is 0. The van der Waals surface area contributed by atoms with E-state index in [0.717, 1.165) is 13.4 Å². The van der Waals surface area contributed by atoms with Crippen LogP contribution >= 0.6 is 59.1 Å². The molecule has 1 aromatic carbocycles. The highest BCUT2D eigenvalue weighted by Crippen LogP contribution is 2.28. The number of halogens is 3. The molecule has 0 saturated carbocycles. The number of benzene rings is 1. The molecule has 0 spiro atoms. The standard InChI is InChI=1S/C11H5Br3OS/c12-6-1-2-7(9(13)3-6)11(15)8-4-16-5-10(8)14/h1-5H. The predicted octanol–water partition coefficient (Wildman–Crippen LogP) is 5.27. The summed E-state index contributed by atoms with van der Waals surface area (Å²) in [5.74, 6) is 0.0208. The van der Waals surface area contributed by atoms with Crippen molar-refractivity contribution in [3.8, 4) is 0 Å². The van der Waals surface area contributed by atoms with Gasteiger partial charge in [-0.05, 0) is 50.1 Å². The average Bonchev–Trinajstić information content (AvgIpc) is 2.63. The highest BCUT2D eigenvalue weighted by Gasteiger charge is 2.15. The van der Waals surface area contributed by atoms with Crippen molar-refractivity contribution in [2.24, 2.45) is 0 Å². The number of ketones is 1. The lowest BCUT2D eigenvalue weighted by atomic mass is 10.1. The minimum absolute atomic E-state index is 0.0208. The third kappa shape index (κ3) is 2.47. The third-order valence-electron chi connectivity index (χ3n) is 2.04. The van der Waals surface area contributed by atoms with Gasteiger partial charge in [-0.25, -0.2) is 0 Å². The first-order valence-corrected chi connectivity index (χ1v) is 7.63. The fourth-order valence-corrected chi connectivity index (χ4v) is 3.94. The summed E-state index contributed by atoms with van der Waals surface area (Å²) in [7, 11) is 0. The molecule has 0 aliphatic carbocycles. The predicted molar refractivity (Wildman–Crippen MR) is 77.3 cm³/mol. The van der Waals surface area contributed by atoms with Crippen molar-refractivity contribution in [2.45, 2.75) is 0 Å². The van der Waals surface area contributed by atoms with Crippen LogP contribution in [0.3, 0.4) is 0 Å². The molecule has 1 aromatic heterocycles. The van der Waals surface area contributed by atoms with Gasteiger partial charge in [0.2, 0.25) is 0 Å². The highest BCUT2D eigenvalue weighted by molar-refractivity contribution is 9.11. The summed E-state index contributed by atoms with van der Waals surface area (Å²) in [6.45, 7) is 0. The Balaban J connectivity index is 2.46. The molecule has 0 radical (unpaired) electrons. The molecule has 0 N–H and O–H groups in total. The summed E-state index contributed by atoms with van der Waals surface area (Å²) < 4.78 is 2.59. The molecule has 1 heterocycles. The molecule has 0 bridgehead atoms. The van der Waals surface area contributed by atoms with E-state index < -0.39 is 0 Å². The minimum atomic E-state index is 0.0208. The van der Waals surface area contributed by atoms with Gasteiger partial charge in [-0.2, -0.15) is 11.3 Å². The number of carbonyl (C=O) groups excluding carboxylic acids is 1. The van der Waals surface area contributed by atoms with Gasteiger partial charge in [-0.15, -0.1) is 0 Å². The van der Waals surface area contributed by atoms with E-state index in [-0.39, 0.29) is 5.78 Å². The number of carbonyl (C=O) groups is 1. The van der Waals surface area contributed by atoms with Gasteiger partial charge in [0.15, 0.2) is 5.78 Å². The van der Waals surface area contributed by atoms with Crippen molar-refractivity contribution in [1.82, 2.24) is 0 Å². The highest BCUT2D eigenvalue weighted by atomic mass is 79.9. The molecule has 0 saturated heterocycles. The van der Waals surface area contributed by atoms with Crippen molar-refractivity contribution in [3.63, 3.8) is 0 Å². The van der Waals surface area contributed by atoms with Gasteiger partial charge in [0, 0.05) is 35.3 Å². The molecular weight excluding hydrogens is 420 g/mol. The summed E-state index contributed by atoms with van der Waals surface area (Å²) in [5.41, 5.74) is 1.37. The van der Waals surface area contributed by atoms with Crippen LogP contribution in [-0.4, -0.2) is 5.78 Å². The van der Waals surface area contributed by atoms with Crippen LogP contribution in [0, 0.1) is 0 Å². The summed E-state index contributed by atoms with van der Waals surface area (Å²) in [6.07, 6.45) is 0. The van der Waals surface area contributed by atoms with Crippen LogP contribution in [0.4, 0.5) is 0 Å². The van der Waals surface area contributed by atoms with E-state index in [2.05, 4.69) is 47.8 Å². The van der Waals surface area contributed by atoms with Gasteiger partial charge >= 0.3 is 0 Å². The van der Waals surface area contributed by atoms with Crippen LogP contribution in [0.5, 0.6) is 0 Å². The number of hydrogen-bond donors (Lipinski definition) is 0. The average molecular weight is 425 g/mol. The molecule has 0 amide bonds. The van der Waals surface area contributed by atoms with E-state index in [1.54, 1.807) is 6.07 Å². The molecule has 0 aliphatic rings. The number of rotatable bonds is 2. The van der Waals surface area contributed by atoms with E-state index in [1.807, 2.05) is 22.9 Å². The molecule has 2 rings (SSSR count). The van der Waals surface area contributed by atoms with Crippen molar-refractivity contribution in [3.05, 3.63) is 53.5 Å². The Labute approximate surface area is 122 Å². The second-order valence-corrected chi connectivity index (χ2v) is 6.45. The Morgan fingerprint density at radius 2 is 1.75 bits per heavy atom. The maximum atomic E-state index is 12.2. The van der Waals surface area contributed by atoms with Crippen molar-refractivity contribution in [2.75, 3.05) is 0 Å². The summed E-state index contributed by atoms with van der Waals surface area (Å²) in [6, 6.07) is 5.53. The fourth-order valence-electron chi connectivity index (χ4n) is 1.26. The van der Waals surface area contributed by atoms with Gasteiger partial charge in [-0.1, -0.05) is 15.9 Å². The first-order valence-electron chi connectivity index (χ1n) is 4.31. The summed E-state index contributed by atoms with van der Waals surface area (Å²) in [4.78, 5) is 12.2. The SMILES string of the molecule is O=C(c1ccc(Br)cc1Br)c1cscc1Br. The molecule has 2 aromatic rings. The Hall–Kier alpha value is 0.0300. The Bertz CT molecular complexity index is 548. The lowest BCUT2D eigenvalue weighted by molar-refractivity contribution is 0.103. The molecule has 0 aliphatic heterocycles. The van der Waals surface area contributed by atoms with E-state index in [9.17, 15) is 4.79 Å². The lowest BCUT2D eigenvalue weighted by Gasteiger charge is -2.03. The van der Waals surface area contributed by atoms with E-state index in [0.29, 0.717) is 11.1 Å². The molecule has 16 heavy (non-hydrogen) atoms. The smallest absolute Gasteiger partial charge is 0.196 e. The Morgan fingerprint density at radius 3 is 2.31 bits per heavy atom. The van der Waals surface area contributed by atoms with Crippen molar-refractivity contribution < 1.29 is 4.79 Å². The molecule has 5 heteroatoms. The maximum absolute atomic E-state index is 12.2. The molecule has 0 atom stereocenters. The first kappa shape index (κ1) is 12.5. The zero-order chi connectivity index (χ0) is 11.7. The van der Waals surface area contributed by atoms with Crippen LogP contribution in [0.1, 0.15) is 15.9 Å². The van der Waals surface area contributed by atoms with Crippen LogP contribution in [0.2, 0.25) is 0 Å². The minimum Gasteiger partial charge on any atom is -0.288 e. The van der Waals surface area contributed by atoms with E-state index in [1.165, 1.54) is 11.3 Å². The lowest BCUT2D eigenvalue weighted by Crippen LogP contribution is -2.01. The van der Waals surface area contributed by atoms with Crippen LogP contribution in [0.15, 0.2) is 42.4 Å². The monoisotopic (exact) mass is 422 g/mol. The summed E-state index contributed by atoms with van der Waals surface area (Å²) >= 11 is 11.6. The van der Waals surface area contributed by atoms with Crippen molar-refractivity contribution in [1.29, 1.82) is 0 Å². The van der Waals surface area contributed by atoms with Crippen molar-refractivity contribution >= 4 is 64.9 Å². The van der Waals surface area contributed by atoms with Gasteiger partial charge < -0.3 is 0 Å². The van der Waals surface area contributed by atoms with Crippen LogP contribution < -0.4 is 0 Å². The second kappa shape index (κ2) is 5.12. The van der Waals surface area contributed by atoms with E-state index >= 15 is 0 Å². The summed E-state index contributed by atoms with van der Waals surface area (Å²) in [5, 5.41) is 3.75. The molecule has 0 fully saturated rings. The zero-order valence-electron chi connectivity index (χ0n) is 7.84. The molecule has 0 unspecified atom stereocenters. The van der Waals surface area contributed by atoms with Gasteiger partial charge in [0.1, 0.15) is 0 Å². The third-order valence-corrected chi connectivity index (χ3v) is 4.89. The zero-order valence-corrected chi connectivity index (χ0v) is 13.4. The molecular formula is C11H5Br3OS. The molecule has 82 valence electrons. The second-order valence-electron chi connectivity index (χ2n) is 3.09. The normalized spacial score (nSPS) is 10.4. The topological polar surface area (TPSA) is 17.1 Å². The number of thiophene rings is 1. The quantitative estimate of drug-likeness (QED) is 0.600. The maximum Gasteiger partial charge on any atom is 0.196 e. The van der Waals surface area contributed by atoms with Gasteiger partial charge in [0.25, 0.3) is 0 Å². The molecule has 1 nitrogen and oxygen atoms in total. The number of hydrogen-bond acceptors (Lipinski definition) is 2. The Kier molecular flexibility index (Phi) is 4.00. The van der Waals surface area contributed by atoms with Crippen LogP contribution in [-0.2, 0) is 0 Å². The Morgan fingerprint density at radius 1 is 1.00 bits per heavy atom. The van der Waals surface area contributed by atoms with Gasteiger partial charge in [-0.3, -0.25) is 4.79 Å². The van der Waals surface area contributed by atoms with Gasteiger partial charge in [0.05, 0.1) is 0 Å². The van der Waals surface area contributed by atoms with E-state index in [4.69, 9.17) is 0 Å². The first-order chi connectivity index (χ1) is 7.59. The largest absolute Gasteiger partial charge is 0.288 e.